The average Bonchev–Trinajstić information content (AvgIpc) is 3.56. The van der Waals surface area contributed by atoms with Crippen LogP contribution in [0.15, 0.2) is 60.7 Å². The summed E-state index contributed by atoms with van der Waals surface area (Å²) in [6.07, 6.45) is 3.64. The molecule has 2 aromatic carbocycles. The third-order valence-electron chi connectivity index (χ3n) is 8.31. The summed E-state index contributed by atoms with van der Waals surface area (Å²) in [6.45, 7) is 2.03. The van der Waals surface area contributed by atoms with Crippen LogP contribution in [0.5, 0.6) is 0 Å². The molecule has 8 heteroatoms. The van der Waals surface area contributed by atoms with Crippen molar-refractivity contribution in [3.63, 3.8) is 0 Å². The third-order valence-corrected chi connectivity index (χ3v) is 8.31. The summed E-state index contributed by atoms with van der Waals surface area (Å²) >= 11 is 0. The number of carbonyl (C=O) groups excluding carboxylic acids is 1. The van der Waals surface area contributed by atoms with Gasteiger partial charge in [-0.2, -0.15) is 0 Å². The number of carbonyl (C=O) groups is 3. The Labute approximate surface area is 209 Å². The molecule has 0 saturated carbocycles. The van der Waals surface area contributed by atoms with E-state index >= 15 is 0 Å². The van der Waals surface area contributed by atoms with E-state index < -0.39 is 17.4 Å². The van der Waals surface area contributed by atoms with Crippen LogP contribution >= 0.6 is 0 Å². The van der Waals surface area contributed by atoms with Gasteiger partial charge in [0.1, 0.15) is 35.8 Å². The second-order valence-electron chi connectivity index (χ2n) is 10.6. The Morgan fingerprint density at radius 3 is 1.78 bits per heavy atom. The van der Waals surface area contributed by atoms with Gasteiger partial charge in [-0.3, -0.25) is 4.79 Å². The van der Waals surface area contributed by atoms with E-state index in [0.29, 0.717) is 36.4 Å². The van der Waals surface area contributed by atoms with E-state index in [2.05, 4.69) is 38.4 Å². The molecule has 2 aromatic rings. The van der Waals surface area contributed by atoms with Crippen LogP contribution < -0.4 is 0 Å². The minimum absolute atomic E-state index is 0.0122. The molecule has 0 amide bonds. The molecular formula is C28H30NO7+. The molecule has 8 nitrogen and oxygen atoms in total. The number of carboxylic acid groups (broad SMARTS) is 2. The summed E-state index contributed by atoms with van der Waals surface area (Å²) in [5, 5.41) is 15.6. The summed E-state index contributed by atoms with van der Waals surface area (Å²) in [4.78, 5) is 32.7. The van der Waals surface area contributed by atoms with Gasteiger partial charge in [-0.25, -0.2) is 9.59 Å². The first-order chi connectivity index (χ1) is 17.0. The highest BCUT2D eigenvalue weighted by atomic mass is 16.6. The lowest BCUT2D eigenvalue weighted by molar-refractivity contribution is -0.938. The normalized spacial score (nSPS) is 29.2. The fraction of sp³-hybridized carbons (Fsp3) is 0.393. The van der Waals surface area contributed by atoms with Crippen LogP contribution in [-0.4, -0.2) is 77.1 Å². The summed E-state index contributed by atoms with van der Waals surface area (Å²) in [7, 11) is 4.60. The first-order valence-corrected chi connectivity index (χ1v) is 12.1. The Morgan fingerprint density at radius 1 is 0.889 bits per heavy atom. The SMILES string of the molecule is CC1(C(=O)OC2CC3C4OC4C(C2)[N+]3(C)C)c2ccccc2-c2ccccc21.O=C(O)/C=C/C(=O)O. The molecule has 4 atom stereocenters. The van der Waals surface area contributed by atoms with Crippen molar-refractivity contribution >= 4 is 17.9 Å². The van der Waals surface area contributed by atoms with Crippen LogP contribution in [0, 0.1) is 0 Å². The molecule has 2 bridgehead atoms. The van der Waals surface area contributed by atoms with Crippen LogP contribution in [0.4, 0.5) is 0 Å². The zero-order valence-electron chi connectivity index (χ0n) is 20.5. The monoisotopic (exact) mass is 492 g/mol. The van der Waals surface area contributed by atoms with E-state index in [1.165, 1.54) is 0 Å². The van der Waals surface area contributed by atoms with Gasteiger partial charge in [-0.1, -0.05) is 48.5 Å². The number of piperidine rings is 1. The standard InChI is InChI=1S/C24H26NO3.C4H4O4/c1-24(17-10-6-4-8-15(17)16-9-5-7-11-18(16)24)23(26)27-14-12-19-21-22(28-21)20(13-14)25(19,2)3;5-3(6)1-2-4(7)8/h4-11,14,19-22H,12-13H2,1-3H3;1-2H,(H,5,6)(H,7,8)/q+1;/b;2-1+. The van der Waals surface area contributed by atoms with E-state index in [9.17, 15) is 14.4 Å². The minimum Gasteiger partial charge on any atom is -0.478 e. The van der Waals surface area contributed by atoms with Gasteiger partial charge in [0.25, 0.3) is 0 Å². The van der Waals surface area contributed by atoms with E-state index in [4.69, 9.17) is 19.7 Å². The summed E-state index contributed by atoms with van der Waals surface area (Å²) in [5.41, 5.74) is 3.67. The van der Waals surface area contributed by atoms with Gasteiger partial charge in [0.2, 0.25) is 0 Å². The number of nitrogens with zero attached hydrogens (tertiary/aromatic N) is 1. The summed E-state index contributed by atoms with van der Waals surface area (Å²) in [5.74, 6) is -2.63. The van der Waals surface area contributed by atoms with Crippen molar-refractivity contribution < 1.29 is 38.6 Å². The number of ether oxygens (including phenoxy) is 2. The van der Waals surface area contributed by atoms with Crippen LogP contribution in [0.3, 0.4) is 0 Å². The average molecular weight is 493 g/mol. The van der Waals surface area contributed by atoms with Crippen molar-refractivity contribution in [3.05, 3.63) is 71.8 Å². The summed E-state index contributed by atoms with van der Waals surface area (Å²) < 4.78 is 13.1. The number of hydrogen-bond donors (Lipinski definition) is 2. The Kier molecular flexibility index (Phi) is 5.76. The van der Waals surface area contributed by atoms with Gasteiger partial charge in [0, 0.05) is 25.0 Å². The molecule has 4 unspecified atom stereocenters. The highest BCUT2D eigenvalue weighted by Gasteiger charge is 2.71. The van der Waals surface area contributed by atoms with Crippen LogP contribution in [0.25, 0.3) is 11.1 Å². The molecule has 1 aliphatic carbocycles. The van der Waals surface area contributed by atoms with Crippen molar-refractivity contribution in [1.82, 2.24) is 0 Å². The van der Waals surface area contributed by atoms with Crippen molar-refractivity contribution in [2.45, 2.75) is 55.6 Å². The molecule has 188 valence electrons. The Balaban J connectivity index is 0.000000292. The molecule has 6 rings (SSSR count). The number of quaternary nitrogens is 1. The molecule has 3 heterocycles. The van der Waals surface area contributed by atoms with Gasteiger partial charge < -0.3 is 24.2 Å². The molecule has 0 radical (unpaired) electrons. The van der Waals surface area contributed by atoms with E-state index in [0.717, 1.165) is 39.6 Å². The quantitative estimate of drug-likeness (QED) is 0.292. The second-order valence-corrected chi connectivity index (χ2v) is 10.6. The second kappa shape index (κ2) is 8.57. The van der Waals surface area contributed by atoms with E-state index in [1.54, 1.807) is 0 Å². The van der Waals surface area contributed by atoms with Gasteiger partial charge in [-0.05, 0) is 29.2 Å². The first-order valence-electron chi connectivity index (χ1n) is 12.1. The number of epoxide rings is 1. The fourth-order valence-corrected chi connectivity index (χ4v) is 6.39. The molecule has 36 heavy (non-hydrogen) atoms. The predicted molar refractivity (Wildman–Crippen MR) is 130 cm³/mol. The smallest absolute Gasteiger partial charge is 0.328 e. The zero-order chi connectivity index (χ0) is 25.8. The van der Waals surface area contributed by atoms with Crippen molar-refractivity contribution in [1.29, 1.82) is 0 Å². The molecule has 0 aromatic heterocycles. The highest BCUT2D eigenvalue weighted by molar-refractivity contribution is 5.97. The van der Waals surface area contributed by atoms with Gasteiger partial charge in [-0.15, -0.1) is 0 Å². The third kappa shape index (κ3) is 3.81. The minimum atomic E-state index is -1.26. The molecule has 4 aliphatic rings. The number of morpholine rings is 1. The van der Waals surface area contributed by atoms with Crippen molar-refractivity contribution in [2.75, 3.05) is 14.1 Å². The Morgan fingerprint density at radius 2 is 1.33 bits per heavy atom. The first kappa shape index (κ1) is 24.2. The Bertz CT molecular complexity index is 1180. The number of carboxylic acids is 2. The van der Waals surface area contributed by atoms with E-state index in [1.807, 2.05) is 31.2 Å². The number of likely N-dealkylation sites (N-methyl/N-ethyl adjacent to an activating group) is 1. The maximum Gasteiger partial charge on any atom is 0.328 e. The maximum absolute atomic E-state index is 13.6. The van der Waals surface area contributed by atoms with Crippen molar-refractivity contribution in [2.24, 2.45) is 0 Å². The number of rotatable bonds is 4. The van der Waals surface area contributed by atoms with Crippen LogP contribution in [0.2, 0.25) is 0 Å². The van der Waals surface area contributed by atoms with Gasteiger partial charge in [0.15, 0.2) is 0 Å². The van der Waals surface area contributed by atoms with Crippen LogP contribution in [-0.2, 0) is 29.3 Å². The summed E-state index contributed by atoms with van der Waals surface area (Å²) in [6, 6.07) is 17.4. The molecule has 3 aliphatic heterocycles. The molecule has 3 saturated heterocycles. The molecule has 2 N–H and O–H groups in total. The van der Waals surface area contributed by atoms with Crippen LogP contribution in [0.1, 0.15) is 30.9 Å². The fourth-order valence-electron chi connectivity index (χ4n) is 6.39. The van der Waals surface area contributed by atoms with E-state index in [-0.39, 0.29) is 12.1 Å². The topological polar surface area (TPSA) is 113 Å². The lowest BCUT2D eigenvalue weighted by Gasteiger charge is -2.45. The van der Waals surface area contributed by atoms with Gasteiger partial charge >= 0.3 is 17.9 Å². The molecule has 0 spiro atoms. The lowest BCUT2D eigenvalue weighted by atomic mass is 9.80. The molecular weight excluding hydrogens is 462 g/mol. The number of fused-ring (bicyclic) bond motifs is 8. The number of benzene rings is 2. The largest absolute Gasteiger partial charge is 0.478 e. The number of hydrogen-bond acceptors (Lipinski definition) is 5. The maximum atomic E-state index is 13.6. The van der Waals surface area contributed by atoms with Gasteiger partial charge in [0.05, 0.1) is 14.1 Å². The number of aliphatic carboxylic acids is 2. The highest BCUT2D eigenvalue weighted by Crippen LogP contribution is 2.53. The number of esters is 1. The lowest BCUT2D eigenvalue weighted by Crippen LogP contribution is -2.60. The molecule has 3 fully saturated rings. The van der Waals surface area contributed by atoms with Crippen molar-refractivity contribution in [3.8, 4) is 11.1 Å². The Hall–Kier alpha value is -3.49. The predicted octanol–water partition coefficient (Wildman–Crippen LogP) is 2.99. The zero-order valence-corrected chi connectivity index (χ0v) is 20.5.